The van der Waals surface area contributed by atoms with E-state index in [4.69, 9.17) is 9.47 Å². The lowest BCUT2D eigenvalue weighted by Crippen LogP contribution is -2.17. The molecule has 1 amide bonds. The smallest absolute Gasteiger partial charge is 0.343 e. The van der Waals surface area contributed by atoms with Crippen molar-refractivity contribution in [3.63, 3.8) is 0 Å². The van der Waals surface area contributed by atoms with E-state index < -0.39 is 29.8 Å². The summed E-state index contributed by atoms with van der Waals surface area (Å²) in [5.41, 5.74) is -1.04. The average molecular weight is 793 g/mol. The molecule has 39 heavy (non-hydrogen) atoms. The van der Waals surface area contributed by atoms with E-state index in [-0.39, 0.29) is 54.8 Å². The van der Waals surface area contributed by atoms with Crippen LogP contribution in [-0.2, 0) is 4.79 Å². The summed E-state index contributed by atoms with van der Waals surface area (Å²) in [4.78, 5) is 61.6. The van der Waals surface area contributed by atoms with E-state index in [1.54, 1.807) is 6.92 Å². The molecule has 0 aliphatic heterocycles. The van der Waals surface area contributed by atoms with Crippen LogP contribution < -0.4 is 14.8 Å². The fraction of sp³-hybridized carbons (Fsp3) is 0.0800. The largest absolute Gasteiger partial charge is 0.478 e. The second-order valence-corrected chi connectivity index (χ2v) is 11.2. The number of esters is 2. The van der Waals surface area contributed by atoms with E-state index in [1.165, 1.54) is 36.4 Å². The van der Waals surface area contributed by atoms with Gasteiger partial charge in [-0.3, -0.25) is 4.79 Å². The fourth-order valence-electron chi connectivity index (χ4n) is 3.13. The Bertz CT molecular complexity index is 1440. The molecule has 0 fully saturated rings. The molecule has 0 spiro atoms. The minimum atomic E-state index is -1.36. The molecule has 0 radical (unpaired) electrons. The van der Waals surface area contributed by atoms with Crippen molar-refractivity contribution in [1.82, 2.24) is 0 Å². The topological polar surface area (TPSA) is 156 Å². The van der Waals surface area contributed by atoms with Crippen LogP contribution >= 0.6 is 63.7 Å². The monoisotopic (exact) mass is 789 g/mol. The molecule has 0 heterocycles. The van der Waals surface area contributed by atoms with Gasteiger partial charge in [0.05, 0.1) is 20.1 Å². The summed E-state index contributed by atoms with van der Waals surface area (Å²) in [5, 5.41) is 21.6. The molecule has 0 saturated heterocycles. The number of carboxylic acid groups (broad SMARTS) is 2. The van der Waals surface area contributed by atoms with E-state index in [9.17, 15) is 34.2 Å². The van der Waals surface area contributed by atoms with E-state index in [2.05, 4.69) is 69.0 Å². The van der Waals surface area contributed by atoms with Gasteiger partial charge in [0, 0.05) is 21.1 Å². The van der Waals surface area contributed by atoms with Gasteiger partial charge in [-0.1, -0.05) is 38.8 Å². The lowest BCUT2D eigenvalue weighted by molar-refractivity contribution is -0.115. The van der Waals surface area contributed by atoms with Gasteiger partial charge >= 0.3 is 23.9 Å². The van der Waals surface area contributed by atoms with Crippen LogP contribution in [0.15, 0.2) is 60.4 Å². The zero-order valence-corrected chi connectivity index (χ0v) is 25.9. The zero-order valence-electron chi connectivity index (χ0n) is 19.5. The Labute approximate surface area is 254 Å². The van der Waals surface area contributed by atoms with Crippen molar-refractivity contribution >= 4 is 99.2 Å². The average Bonchev–Trinajstić information content (AvgIpc) is 2.86. The number of halogens is 4. The van der Waals surface area contributed by atoms with E-state index in [0.717, 1.165) is 6.07 Å². The molecule has 0 unspecified atom stereocenters. The Kier molecular flexibility index (Phi) is 10.0. The molecule has 3 rings (SSSR count). The first kappa shape index (κ1) is 30.5. The predicted molar refractivity (Wildman–Crippen MR) is 153 cm³/mol. The standard InChI is InChI=1S/C25H15Br4NO9/c1-2-19(31)30-14-4-10(24(36)38-20-15(22(32)33)6-12(26)8-17(20)28)3-11(5-14)25(37)39-21-16(23(34)35)7-13(27)9-18(21)29/h3-9H,2H2,1H3,(H,30,31)(H,32,33)(H,34,35). The molecule has 0 aromatic heterocycles. The molecule has 0 aliphatic rings. The highest BCUT2D eigenvalue weighted by atomic mass is 79.9. The number of carbonyl (C=O) groups is 5. The Morgan fingerprint density at radius 2 is 1.10 bits per heavy atom. The number of anilines is 1. The van der Waals surface area contributed by atoms with E-state index in [0.29, 0.717) is 8.95 Å². The molecule has 0 atom stereocenters. The van der Waals surface area contributed by atoms with Crippen LogP contribution in [0.1, 0.15) is 54.8 Å². The van der Waals surface area contributed by atoms with Crippen molar-refractivity contribution in [1.29, 1.82) is 0 Å². The molecular weight excluding hydrogens is 778 g/mol. The number of aromatic carboxylic acids is 2. The fourth-order valence-corrected chi connectivity index (χ4v) is 5.75. The zero-order chi connectivity index (χ0) is 29.0. The van der Waals surface area contributed by atoms with Crippen LogP contribution in [0.4, 0.5) is 5.69 Å². The molecule has 202 valence electrons. The number of carbonyl (C=O) groups excluding carboxylic acids is 3. The molecule has 10 nitrogen and oxygen atoms in total. The van der Waals surface area contributed by atoms with Gasteiger partial charge in [0.25, 0.3) is 0 Å². The summed E-state index contributed by atoms with van der Waals surface area (Å²) in [7, 11) is 0. The number of hydrogen-bond acceptors (Lipinski definition) is 7. The minimum Gasteiger partial charge on any atom is -0.478 e. The predicted octanol–water partition coefficient (Wildman–Crippen LogP) is 6.92. The SMILES string of the molecule is CCC(=O)Nc1cc(C(=O)Oc2c(Br)cc(Br)cc2C(=O)O)cc(C(=O)Oc2c(Br)cc(Br)cc2C(=O)O)c1. The highest BCUT2D eigenvalue weighted by Crippen LogP contribution is 2.35. The summed E-state index contributed by atoms with van der Waals surface area (Å²) >= 11 is 12.7. The van der Waals surface area contributed by atoms with E-state index >= 15 is 0 Å². The number of hydrogen-bond donors (Lipinski definition) is 3. The third-order valence-electron chi connectivity index (χ3n) is 4.88. The van der Waals surface area contributed by atoms with Gasteiger partial charge in [-0.05, 0) is 74.3 Å². The Balaban J connectivity index is 2.05. The first-order valence-corrected chi connectivity index (χ1v) is 13.8. The highest BCUT2D eigenvalue weighted by Gasteiger charge is 2.24. The van der Waals surface area contributed by atoms with Crippen LogP contribution in [0.3, 0.4) is 0 Å². The van der Waals surface area contributed by atoms with Crippen LogP contribution in [0.2, 0.25) is 0 Å². The van der Waals surface area contributed by atoms with Crippen LogP contribution in [0, 0.1) is 0 Å². The van der Waals surface area contributed by atoms with Crippen molar-refractivity contribution in [2.45, 2.75) is 13.3 Å². The molecule has 0 saturated carbocycles. The van der Waals surface area contributed by atoms with Gasteiger partial charge in [0.1, 0.15) is 11.1 Å². The summed E-state index contributed by atoms with van der Waals surface area (Å²) in [6, 6.07) is 9.01. The molecule has 0 bridgehead atoms. The molecule has 3 aromatic rings. The maximum atomic E-state index is 13.1. The molecule has 3 aromatic carbocycles. The Morgan fingerprint density at radius 3 is 1.46 bits per heavy atom. The van der Waals surface area contributed by atoms with Gasteiger partial charge in [-0.2, -0.15) is 0 Å². The highest BCUT2D eigenvalue weighted by molar-refractivity contribution is 9.11. The second-order valence-electron chi connectivity index (χ2n) is 7.62. The van der Waals surface area contributed by atoms with Gasteiger partial charge < -0.3 is 25.0 Å². The van der Waals surface area contributed by atoms with E-state index in [1.807, 2.05) is 0 Å². The lowest BCUT2D eigenvalue weighted by Gasteiger charge is -2.14. The van der Waals surface area contributed by atoms with Gasteiger partial charge in [-0.15, -0.1) is 0 Å². The second kappa shape index (κ2) is 12.9. The third kappa shape index (κ3) is 7.53. The van der Waals surface area contributed by atoms with Gasteiger partial charge in [-0.25, -0.2) is 19.2 Å². The number of ether oxygens (including phenoxy) is 2. The maximum absolute atomic E-state index is 13.1. The van der Waals surface area contributed by atoms with Gasteiger partial charge in [0.2, 0.25) is 5.91 Å². The lowest BCUT2D eigenvalue weighted by atomic mass is 10.1. The number of benzene rings is 3. The normalized spacial score (nSPS) is 10.5. The number of rotatable bonds is 8. The number of amides is 1. The number of carboxylic acids is 2. The van der Waals surface area contributed by atoms with Crippen molar-refractivity contribution in [2.75, 3.05) is 5.32 Å². The molecule has 14 heteroatoms. The first-order chi connectivity index (χ1) is 18.3. The van der Waals surface area contributed by atoms with Crippen LogP contribution in [0.5, 0.6) is 11.5 Å². The van der Waals surface area contributed by atoms with Crippen LogP contribution in [0.25, 0.3) is 0 Å². The molecule has 0 aliphatic carbocycles. The van der Waals surface area contributed by atoms with Crippen molar-refractivity contribution < 1.29 is 43.7 Å². The maximum Gasteiger partial charge on any atom is 0.343 e. The van der Waals surface area contributed by atoms with Crippen molar-refractivity contribution in [3.8, 4) is 11.5 Å². The minimum absolute atomic E-state index is 0.0462. The third-order valence-corrected chi connectivity index (χ3v) is 6.97. The van der Waals surface area contributed by atoms with Crippen molar-refractivity contribution in [3.05, 3.63) is 82.6 Å². The Morgan fingerprint density at radius 1 is 0.692 bits per heavy atom. The summed E-state index contributed by atoms with van der Waals surface area (Å²) in [6.07, 6.45) is 0.0933. The molecule has 3 N–H and O–H groups in total. The summed E-state index contributed by atoms with van der Waals surface area (Å²) < 4.78 is 11.9. The van der Waals surface area contributed by atoms with Crippen LogP contribution in [-0.4, -0.2) is 40.0 Å². The summed E-state index contributed by atoms with van der Waals surface area (Å²) in [6.45, 7) is 1.60. The van der Waals surface area contributed by atoms with Crippen molar-refractivity contribution in [2.24, 2.45) is 0 Å². The number of nitrogens with one attached hydrogen (secondary N) is 1. The first-order valence-electron chi connectivity index (χ1n) is 10.6. The Hall–Kier alpha value is -3.07. The van der Waals surface area contributed by atoms with Gasteiger partial charge in [0.15, 0.2) is 11.5 Å². The quantitative estimate of drug-likeness (QED) is 0.163. The molecular formula is C25H15Br4NO9. The summed E-state index contributed by atoms with van der Waals surface area (Å²) in [5.74, 6) is -5.80.